The van der Waals surface area contributed by atoms with Gasteiger partial charge in [0.25, 0.3) is 0 Å². The Morgan fingerprint density at radius 1 is 1.53 bits per heavy atom. The number of aromatic nitrogens is 1. The fourth-order valence-electron chi connectivity index (χ4n) is 2.29. The lowest BCUT2D eigenvalue weighted by molar-refractivity contribution is 0.266. The number of hydrogen-bond donors (Lipinski definition) is 2. The van der Waals surface area contributed by atoms with E-state index in [0.717, 1.165) is 31.0 Å². The van der Waals surface area contributed by atoms with Gasteiger partial charge in [-0.2, -0.15) is 0 Å². The summed E-state index contributed by atoms with van der Waals surface area (Å²) in [5.41, 5.74) is 6.56. The van der Waals surface area contributed by atoms with Crippen molar-refractivity contribution in [3.05, 3.63) is 12.1 Å². The zero-order valence-electron chi connectivity index (χ0n) is 10.4. The van der Waals surface area contributed by atoms with E-state index in [1.807, 2.05) is 31.1 Å². The van der Waals surface area contributed by atoms with E-state index in [-0.39, 0.29) is 12.6 Å². The van der Waals surface area contributed by atoms with Crippen LogP contribution in [-0.2, 0) is 0 Å². The number of nitrogens with zero attached hydrogens (tertiary/aromatic N) is 3. The third-order valence-electron chi connectivity index (χ3n) is 3.20. The van der Waals surface area contributed by atoms with Crippen molar-refractivity contribution >= 4 is 17.3 Å². The molecule has 1 aliphatic rings. The van der Waals surface area contributed by atoms with E-state index in [9.17, 15) is 5.11 Å². The molecule has 1 aliphatic heterocycles. The molecule has 17 heavy (non-hydrogen) atoms. The van der Waals surface area contributed by atoms with Gasteiger partial charge in [-0.1, -0.05) is 0 Å². The number of nitrogen functional groups attached to an aromatic ring is 1. The average Bonchev–Trinajstić information content (AvgIpc) is 2.77. The molecule has 2 rings (SSSR count). The van der Waals surface area contributed by atoms with Crippen LogP contribution < -0.4 is 15.5 Å². The summed E-state index contributed by atoms with van der Waals surface area (Å²) in [6.07, 6.45) is 2.13. The number of rotatable bonds is 3. The Bertz CT molecular complexity index is 394. The number of hydrogen-bond acceptors (Lipinski definition) is 5. The van der Waals surface area contributed by atoms with Gasteiger partial charge < -0.3 is 20.6 Å². The van der Waals surface area contributed by atoms with Gasteiger partial charge in [0.15, 0.2) is 5.82 Å². The van der Waals surface area contributed by atoms with E-state index in [2.05, 4.69) is 9.88 Å². The molecular formula is C12H20N4O. The monoisotopic (exact) mass is 236 g/mol. The van der Waals surface area contributed by atoms with E-state index in [4.69, 9.17) is 5.73 Å². The van der Waals surface area contributed by atoms with Crippen molar-refractivity contribution in [2.45, 2.75) is 18.9 Å². The van der Waals surface area contributed by atoms with Crippen LogP contribution in [0.3, 0.4) is 0 Å². The quantitative estimate of drug-likeness (QED) is 0.808. The van der Waals surface area contributed by atoms with Crippen molar-refractivity contribution in [3.63, 3.8) is 0 Å². The summed E-state index contributed by atoms with van der Waals surface area (Å²) < 4.78 is 0. The normalized spacial score (nSPS) is 19.7. The molecule has 5 nitrogen and oxygen atoms in total. The fourth-order valence-corrected chi connectivity index (χ4v) is 2.29. The SMILES string of the molecule is CN(C)c1nc(N2CCCC2CO)ccc1N. The second kappa shape index (κ2) is 4.79. The first-order chi connectivity index (χ1) is 8.13. The van der Waals surface area contributed by atoms with Crippen LogP contribution in [0, 0.1) is 0 Å². The van der Waals surface area contributed by atoms with Gasteiger partial charge in [-0.25, -0.2) is 4.98 Å². The smallest absolute Gasteiger partial charge is 0.153 e. The molecule has 0 spiro atoms. The number of pyridine rings is 1. The molecule has 3 N–H and O–H groups in total. The highest BCUT2D eigenvalue weighted by atomic mass is 16.3. The summed E-state index contributed by atoms with van der Waals surface area (Å²) in [6, 6.07) is 4.00. The van der Waals surface area contributed by atoms with Gasteiger partial charge in [0, 0.05) is 20.6 Å². The van der Waals surface area contributed by atoms with Gasteiger partial charge in [-0.3, -0.25) is 0 Å². The van der Waals surface area contributed by atoms with Gasteiger partial charge >= 0.3 is 0 Å². The molecule has 1 aromatic rings. The standard InChI is InChI=1S/C12H20N4O/c1-15(2)12-10(13)5-6-11(14-12)16-7-3-4-9(16)8-17/h5-6,9,17H,3-4,7-8,13H2,1-2H3. The Morgan fingerprint density at radius 3 is 2.94 bits per heavy atom. The van der Waals surface area contributed by atoms with E-state index in [1.165, 1.54) is 0 Å². The van der Waals surface area contributed by atoms with Gasteiger partial charge in [0.2, 0.25) is 0 Å². The minimum Gasteiger partial charge on any atom is -0.396 e. The molecule has 0 aliphatic carbocycles. The van der Waals surface area contributed by atoms with Gasteiger partial charge in [0.05, 0.1) is 18.3 Å². The van der Waals surface area contributed by atoms with Crippen molar-refractivity contribution in [1.29, 1.82) is 0 Å². The second-order valence-electron chi connectivity index (χ2n) is 4.65. The summed E-state index contributed by atoms with van der Waals surface area (Å²) in [7, 11) is 3.85. The van der Waals surface area contributed by atoms with Crippen LogP contribution in [0.2, 0.25) is 0 Å². The van der Waals surface area contributed by atoms with Crippen LogP contribution in [0.25, 0.3) is 0 Å². The van der Waals surface area contributed by atoms with Crippen LogP contribution >= 0.6 is 0 Å². The number of aliphatic hydroxyl groups excluding tert-OH is 1. The summed E-state index contributed by atoms with van der Waals surface area (Å²) in [5.74, 6) is 1.69. The van der Waals surface area contributed by atoms with Crippen molar-refractivity contribution < 1.29 is 5.11 Å². The number of nitrogens with two attached hydrogens (primary N) is 1. The highest BCUT2D eigenvalue weighted by Gasteiger charge is 2.25. The summed E-state index contributed by atoms with van der Waals surface area (Å²) in [6.45, 7) is 1.14. The average molecular weight is 236 g/mol. The summed E-state index contributed by atoms with van der Waals surface area (Å²) in [4.78, 5) is 8.63. The van der Waals surface area contributed by atoms with E-state index in [0.29, 0.717) is 5.69 Å². The highest BCUT2D eigenvalue weighted by molar-refractivity contribution is 5.65. The Hall–Kier alpha value is -1.49. The van der Waals surface area contributed by atoms with E-state index < -0.39 is 0 Å². The molecule has 0 saturated carbocycles. The van der Waals surface area contributed by atoms with Gasteiger partial charge in [-0.05, 0) is 25.0 Å². The van der Waals surface area contributed by atoms with Crippen LogP contribution in [0.5, 0.6) is 0 Å². The van der Waals surface area contributed by atoms with Crippen LogP contribution in [0.4, 0.5) is 17.3 Å². The lowest BCUT2D eigenvalue weighted by Gasteiger charge is -2.25. The zero-order chi connectivity index (χ0) is 12.4. The van der Waals surface area contributed by atoms with Crippen LogP contribution in [0.1, 0.15) is 12.8 Å². The first-order valence-corrected chi connectivity index (χ1v) is 5.95. The Morgan fingerprint density at radius 2 is 2.29 bits per heavy atom. The molecule has 94 valence electrons. The lowest BCUT2D eigenvalue weighted by Crippen LogP contribution is -2.33. The lowest BCUT2D eigenvalue weighted by atomic mass is 10.2. The predicted molar refractivity (Wildman–Crippen MR) is 70.4 cm³/mol. The third-order valence-corrected chi connectivity index (χ3v) is 3.20. The van der Waals surface area contributed by atoms with E-state index in [1.54, 1.807) is 0 Å². The molecule has 0 bridgehead atoms. The molecule has 1 unspecified atom stereocenters. The van der Waals surface area contributed by atoms with Crippen molar-refractivity contribution in [3.8, 4) is 0 Å². The molecule has 1 saturated heterocycles. The Kier molecular flexibility index (Phi) is 3.38. The second-order valence-corrected chi connectivity index (χ2v) is 4.65. The molecule has 1 atom stereocenters. The maximum atomic E-state index is 9.33. The van der Waals surface area contributed by atoms with Crippen molar-refractivity contribution in [1.82, 2.24) is 4.98 Å². The first-order valence-electron chi connectivity index (χ1n) is 5.95. The molecule has 0 amide bonds. The molecule has 1 fully saturated rings. The number of anilines is 3. The van der Waals surface area contributed by atoms with E-state index >= 15 is 0 Å². The van der Waals surface area contributed by atoms with Gasteiger partial charge in [0.1, 0.15) is 5.82 Å². The van der Waals surface area contributed by atoms with Crippen LogP contribution in [0.15, 0.2) is 12.1 Å². The van der Waals surface area contributed by atoms with Crippen molar-refractivity contribution in [2.75, 3.05) is 42.8 Å². The Balaban J connectivity index is 2.29. The molecule has 5 heteroatoms. The first kappa shape index (κ1) is 12.0. The minimum atomic E-state index is 0.184. The maximum absolute atomic E-state index is 9.33. The molecule has 0 radical (unpaired) electrons. The zero-order valence-corrected chi connectivity index (χ0v) is 10.4. The van der Waals surface area contributed by atoms with Crippen LogP contribution in [-0.4, -0.2) is 43.4 Å². The largest absolute Gasteiger partial charge is 0.396 e. The minimum absolute atomic E-state index is 0.184. The topological polar surface area (TPSA) is 65.6 Å². The summed E-state index contributed by atoms with van der Waals surface area (Å²) in [5, 5.41) is 9.33. The van der Waals surface area contributed by atoms with Gasteiger partial charge in [-0.15, -0.1) is 0 Å². The third kappa shape index (κ3) is 2.29. The number of aliphatic hydroxyl groups is 1. The summed E-state index contributed by atoms with van der Waals surface area (Å²) >= 11 is 0. The molecule has 1 aromatic heterocycles. The Labute approximate surface area is 102 Å². The predicted octanol–water partition coefficient (Wildman–Crippen LogP) is 0.691. The highest BCUT2D eigenvalue weighted by Crippen LogP contribution is 2.28. The fraction of sp³-hybridized carbons (Fsp3) is 0.583. The van der Waals surface area contributed by atoms with Crippen molar-refractivity contribution in [2.24, 2.45) is 0 Å². The molecule has 0 aromatic carbocycles. The molecular weight excluding hydrogens is 216 g/mol. The maximum Gasteiger partial charge on any atom is 0.153 e. The molecule has 2 heterocycles.